The topological polar surface area (TPSA) is 74.8 Å². The lowest BCUT2D eigenvalue weighted by molar-refractivity contribution is -0.692. The van der Waals surface area contributed by atoms with Crippen molar-refractivity contribution in [1.82, 2.24) is 10.6 Å². The van der Waals surface area contributed by atoms with Crippen molar-refractivity contribution in [3.8, 4) is 0 Å². The van der Waals surface area contributed by atoms with E-state index in [9.17, 15) is 14.0 Å². The molecule has 6 heteroatoms. The van der Waals surface area contributed by atoms with Gasteiger partial charge in [-0.1, -0.05) is 26.0 Å². The zero-order valence-electron chi connectivity index (χ0n) is 14.2. The van der Waals surface area contributed by atoms with E-state index in [2.05, 4.69) is 24.5 Å². The number of carbonyl (C=O) groups excluding carboxylic acids is 2. The van der Waals surface area contributed by atoms with E-state index in [0.717, 1.165) is 5.56 Å². The Morgan fingerprint density at radius 2 is 1.70 bits per heavy atom. The third-order valence-corrected chi connectivity index (χ3v) is 3.43. The minimum atomic E-state index is -0.273. The normalized spacial score (nSPS) is 12.3. The van der Waals surface area contributed by atoms with E-state index in [1.54, 1.807) is 12.1 Å². The summed E-state index contributed by atoms with van der Waals surface area (Å²) in [4.78, 5) is 23.3. The summed E-state index contributed by atoms with van der Waals surface area (Å²) in [5.74, 6) is -0.383. The van der Waals surface area contributed by atoms with Crippen LogP contribution in [0.5, 0.6) is 0 Å². The van der Waals surface area contributed by atoms with Crippen molar-refractivity contribution in [2.45, 2.75) is 39.8 Å². The van der Waals surface area contributed by atoms with Crippen molar-refractivity contribution in [3.63, 3.8) is 0 Å². The third-order valence-electron chi connectivity index (χ3n) is 3.43. The lowest BCUT2D eigenvalue weighted by atomic mass is 9.96. The average molecular weight is 324 g/mol. The second-order valence-corrected chi connectivity index (χ2v) is 6.26. The van der Waals surface area contributed by atoms with Crippen LogP contribution < -0.4 is 16.0 Å². The number of hydrogen-bond donors (Lipinski definition) is 3. The number of nitrogens with two attached hydrogens (primary N) is 1. The summed E-state index contributed by atoms with van der Waals surface area (Å²) in [6.45, 7) is 8.03. The highest BCUT2D eigenvalue weighted by Crippen LogP contribution is 2.17. The van der Waals surface area contributed by atoms with E-state index in [1.807, 2.05) is 19.2 Å². The Labute approximate surface area is 137 Å². The molecule has 0 unspecified atom stereocenters. The first kappa shape index (κ1) is 19.1. The average Bonchev–Trinajstić information content (AvgIpc) is 2.46. The third kappa shape index (κ3) is 7.23. The summed E-state index contributed by atoms with van der Waals surface area (Å²) in [5, 5.41) is 7.22. The molecule has 0 saturated heterocycles. The number of carbonyl (C=O) groups is 2. The van der Waals surface area contributed by atoms with Crippen LogP contribution in [0.3, 0.4) is 0 Å². The standard InChI is InChI=1S/C17H26FN3O2/c1-11(2)17(13-5-7-14(18)8-6-13)20-9-15(22)19-10-16(23)21-12(3)4/h5-8,11-12,17,20H,9-10H2,1-4H3,(H,19,22)(H,21,23)/p+1/t17-/m0/s1. The number of benzene rings is 1. The Hall–Kier alpha value is -1.95. The summed E-state index contributed by atoms with van der Waals surface area (Å²) in [5.41, 5.74) is 0.978. The van der Waals surface area contributed by atoms with Crippen LogP contribution in [0.25, 0.3) is 0 Å². The molecule has 0 radical (unpaired) electrons. The highest BCUT2D eigenvalue weighted by molar-refractivity contribution is 5.85. The lowest BCUT2D eigenvalue weighted by Crippen LogP contribution is -2.88. The molecule has 0 aliphatic carbocycles. The Morgan fingerprint density at radius 3 is 2.22 bits per heavy atom. The first-order chi connectivity index (χ1) is 10.8. The molecule has 1 aromatic rings. The predicted molar refractivity (Wildman–Crippen MR) is 87.1 cm³/mol. The zero-order chi connectivity index (χ0) is 17.4. The smallest absolute Gasteiger partial charge is 0.275 e. The van der Waals surface area contributed by atoms with Crippen LogP contribution >= 0.6 is 0 Å². The quantitative estimate of drug-likeness (QED) is 0.659. The van der Waals surface area contributed by atoms with Crippen molar-refractivity contribution in [1.29, 1.82) is 0 Å². The van der Waals surface area contributed by atoms with E-state index in [1.165, 1.54) is 12.1 Å². The van der Waals surface area contributed by atoms with Crippen LogP contribution in [0.15, 0.2) is 24.3 Å². The second kappa shape index (κ2) is 9.25. The van der Waals surface area contributed by atoms with Crippen molar-refractivity contribution in [2.75, 3.05) is 13.1 Å². The number of amides is 2. The van der Waals surface area contributed by atoms with Gasteiger partial charge in [-0.3, -0.25) is 9.59 Å². The van der Waals surface area contributed by atoms with Gasteiger partial charge in [0, 0.05) is 17.5 Å². The molecule has 2 amide bonds. The van der Waals surface area contributed by atoms with E-state index in [4.69, 9.17) is 0 Å². The van der Waals surface area contributed by atoms with Crippen LogP contribution in [-0.2, 0) is 9.59 Å². The van der Waals surface area contributed by atoms with Gasteiger partial charge >= 0.3 is 0 Å². The van der Waals surface area contributed by atoms with Crippen LogP contribution in [0.2, 0.25) is 0 Å². The van der Waals surface area contributed by atoms with Crippen molar-refractivity contribution < 1.29 is 19.3 Å². The first-order valence-corrected chi connectivity index (χ1v) is 7.94. The lowest BCUT2D eigenvalue weighted by Gasteiger charge is -2.19. The fraction of sp³-hybridized carbons (Fsp3) is 0.529. The molecule has 0 spiro atoms. The monoisotopic (exact) mass is 324 g/mol. The van der Waals surface area contributed by atoms with E-state index in [0.29, 0.717) is 0 Å². The molecule has 0 bridgehead atoms. The van der Waals surface area contributed by atoms with Crippen molar-refractivity contribution in [2.24, 2.45) is 5.92 Å². The molecule has 0 heterocycles. The SMILES string of the molecule is CC(C)NC(=O)CNC(=O)C[NH2+][C@H](c1ccc(F)cc1)C(C)C. The number of quaternary nitrogens is 1. The van der Waals surface area contributed by atoms with E-state index >= 15 is 0 Å². The number of rotatable bonds is 8. The zero-order valence-corrected chi connectivity index (χ0v) is 14.2. The van der Waals surface area contributed by atoms with Crippen LogP contribution in [0.4, 0.5) is 4.39 Å². The predicted octanol–water partition coefficient (Wildman–Crippen LogP) is 0.727. The molecule has 1 rings (SSSR count). The summed E-state index contributed by atoms with van der Waals surface area (Å²) in [6, 6.07) is 6.44. The van der Waals surface area contributed by atoms with Crippen molar-refractivity contribution >= 4 is 11.8 Å². The molecular formula is C17H27FN3O2+. The maximum Gasteiger partial charge on any atom is 0.275 e. The van der Waals surface area contributed by atoms with Gasteiger partial charge in [0.05, 0.1) is 6.54 Å². The van der Waals surface area contributed by atoms with E-state index in [-0.39, 0.29) is 48.7 Å². The molecule has 4 N–H and O–H groups in total. The molecule has 1 atom stereocenters. The van der Waals surface area contributed by atoms with Crippen LogP contribution in [-0.4, -0.2) is 30.9 Å². The van der Waals surface area contributed by atoms with Gasteiger partial charge in [0.15, 0.2) is 6.54 Å². The summed E-state index contributed by atoms with van der Waals surface area (Å²) >= 11 is 0. The molecule has 23 heavy (non-hydrogen) atoms. The number of hydrogen-bond acceptors (Lipinski definition) is 2. The molecule has 0 aliphatic rings. The van der Waals surface area contributed by atoms with Crippen molar-refractivity contribution in [3.05, 3.63) is 35.6 Å². The first-order valence-electron chi connectivity index (χ1n) is 7.94. The molecule has 0 saturated carbocycles. The molecule has 128 valence electrons. The largest absolute Gasteiger partial charge is 0.352 e. The molecule has 5 nitrogen and oxygen atoms in total. The minimum absolute atomic E-state index is 0.0201. The van der Waals surface area contributed by atoms with Gasteiger partial charge in [-0.15, -0.1) is 0 Å². The van der Waals surface area contributed by atoms with Crippen LogP contribution in [0.1, 0.15) is 39.3 Å². The Balaban J connectivity index is 2.48. The van der Waals surface area contributed by atoms with Gasteiger partial charge in [-0.05, 0) is 26.0 Å². The van der Waals surface area contributed by atoms with Gasteiger partial charge in [-0.2, -0.15) is 0 Å². The molecular weight excluding hydrogens is 297 g/mol. The molecule has 1 aromatic carbocycles. The Kier molecular flexibility index (Phi) is 7.68. The summed E-state index contributed by atoms with van der Waals surface area (Å²) in [7, 11) is 0. The highest BCUT2D eigenvalue weighted by Gasteiger charge is 2.20. The molecule has 0 aliphatic heterocycles. The summed E-state index contributed by atoms with van der Waals surface area (Å²) < 4.78 is 13.0. The molecule has 0 aromatic heterocycles. The highest BCUT2D eigenvalue weighted by atomic mass is 19.1. The fourth-order valence-corrected chi connectivity index (χ4v) is 2.34. The van der Waals surface area contributed by atoms with Gasteiger partial charge in [0.1, 0.15) is 11.9 Å². The van der Waals surface area contributed by atoms with Gasteiger partial charge in [-0.25, -0.2) is 4.39 Å². The maximum absolute atomic E-state index is 13.0. The summed E-state index contributed by atoms with van der Waals surface area (Å²) in [6.07, 6.45) is 0. The van der Waals surface area contributed by atoms with Gasteiger partial charge in [0.2, 0.25) is 5.91 Å². The van der Waals surface area contributed by atoms with Gasteiger partial charge < -0.3 is 16.0 Å². The number of nitrogens with one attached hydrogen (secondary N) is 2. The van der Waals surface area contributed by atoms with Crippen LogP contribution in [0, 0.1) is 11.7 Å². The second-order valence-electron chi connectivity index (χ2n) is 6.26. The Morgan fingerprint density at radius 1 is 1.09 bits per heavy atom. The van der Waals surface area contributed by atoms with E-state index < -0.39 is 0 Å². The maximum atomic E-state index is 13.0. The fourth-order valence-electron chi connectivity index (χ4n) is 2.34. The Bertz CT molecular complexity index is 515. The minimum Gasteiger partial charge on any atom is -0.352 e. The molecule has 0 fully saturated rings. The number of halogens is 1. The van der Waals surface area contributed by atoms with Gasteiger partial charge in [0.25, 0.3) is 5.91 Å².